The fraction of sp³-hybridized carbons (Fsp3) is 0.640. The van der Waals surface area contributed by atoms with Crippen LogP contribution in [0.2, 0.25) is 0 Å². The van der Waals surface area contributed by atoms with Crippen molar-refractivity contribution in [2.24, 2.45) is 5.92 Å². The van der Waals surface area contributed by atoms with Crippen LogP contribution < -0.4 is 10.6 Å². The van der Waals surface area contributed by atoms with E-state index in [9.17, 15) is 24.5 Å². The zero-order valence-corrected chi connectivity index (χ0v) is 22.3. The van der Waals surface area contributed by atoms with E-state index in [2.05, 4.69) is 10.6 Å². The van der Waals surface area contributed by atoms with Gasteiger partial charge in [0, 0.05) is 31.1 Å². The molecule has 0 fully saturated rings. The van der Waals surface area contributed by atoms with Gasteiger partial charge in [-0.2, -0.15) is 0 Å². The predicted octanol–water partition coefficient (Wildman–Crippen LogP) is 3.82. The summed E-state index contributed by atoms with van der Waals surface area (Å²) >= 11 is 0. The number of nitrogens with one attached hydrogen (secondary N) is 2. The van der Waals surface area contributed by atoms with Crippen LogP contribution in [0.5, 0.6) is 0 Å². The van der Waals surface area contributed by atoms with E-state index in [0.717, 1.165) is 0 Å². The van der Waals surface area contributed by atoms with Crippen LogP contribution in [0.4, 0.5) is 10.5 Å². The third-order valence-electron chi connectivity index (χ3n) is 4.86. The largest absolute Gasteiger partial charge is 0.444 e. The van der Waals surface area contributed by atoms with Gasteiger partial charge in [-0.15, -0.1) is 0 Å². The Balaban J connectivity index is 3.20. The lowest BCUT2D eigenvalue weighted by atomic mass is 9.99. The quantitative estimate of drug-likeness (QED) is 0.398. The van der Waals surface area contributed by atoms with Crippen LogP contribution in [0.3, 0.4) is 0 Å². The van der Waals surface area contributed by atoms with Gasteiger partial charge >= 0.3 is 6.09 Å². The summed E-state index contributed by atoms with van der Waals surface area (Å²) in [7, 11) is 1.50. The molecule has 3 amide bonds. The minimum Gasteiger partial charge on any atom is -0.444 e. The first-order valence-electron chi connectivity index (χ1n) is 11.7. The molecule has 0 aliphatic carbocycles. The fourth-order valence-electron chi connectivity index (χ4n) is 3.27. The number of nitro benzene ring substituents is 1. The van der Waals surface area contributed by atoms with E-state index >= 15 is 0 Å². The molecule has 0 bridgehead atoms. The van der Waals surface area contributed by atoms with Gasteiger partial charge in [0.05, 0.1) is 4.92 Å². The van der Waals surface area contributed by atoms with E-state index in [4.69, 9.17) is 4.74 Å². The molecular weight excluding hydrogens is 452 g/mol. The number of hydrogen-bond donors (Lipinski definition) is 2. The number of amides is 3. The summed E-state index contributed by atoms with van der Waals surface area (Å²) in [6, 6.07) is 4.01. The van der Waals surface area contributed by atoms with Crippen molar-refractivity contribution in [2.75, 3.05) is 7.05 Å². The molecule has 35 heavy (non-hydrogen) atoms. The van der Waals surface area contributed by atoms with Crippen LogP contribution >= 0.6 is 0 Å². The van der Waals surface area contributed by atoms with Crippen molar-refractivity contribution in [3.8, 4) is 0 Å². The average Bonchev–Trinajstić information content (AvgIpc) is 2.68. The molecule has 2 unspecified atom stereocenters. The lowest BCUT2D eigenvalue weighted by Gasteiger charge is -2.32. The molecule has 1 rings (SSSR count). The van der Waals surface area contributed by atoms with Gasteiger partial charge in [-0.25, -0.2) is 4.79 Å². The Hall–Kier alpha value is -3.17. The van der Waals surface area contributed by atoms with Gasteiger partial charge in [-0.05, 0) is 59.4 Å². The van der Waals surface area contributed by atoms with Crippen LogP contribution in [-0.2, 0) is 20.7 Å². The molecule has 10 heteroatoms. The summed E-state index contributed by atoms with van der Waals surface area (Å²) < 4.78 is 5.43. The van der Waals surface area contributed by atoms with Crippen LogP contribution in [0.1, 0.15) is 67.4 Å². The number of rotatable bonds is 9. The van der Waals surface area contributed by atoms with E-state index in [0.29, 0.717) is 12.0 Å². The number of nitrogens with zero attached hydrogens (tertiary/aromatic N) is 2. The summed E-state index contributed by atoms with van der Waals surface area (Å²) in [5.41, 5.74) is -0.689. The van der Waals surface area contributed by atoms with Crippen molar-refractivity contribution in [3.63, 3.8) is 0 Å². The number of benzene rings is 1. The molecular formula is C25H40N4O6. The Morgan fingerprint density at radius 1 is 1.03 bits per heavy atom. The third-order valence-corrected chi connectivity index (χ3v) is 4.86. The Morgan fingerprint density at radius 3 is 2.00 bits per heavy atom. The normalized spacial score (nSPS) is 13.5. The van der Waals surface area contributed by atoms with Crippen molar-refractivity contribution in [1.82, 2.24) is 15.5 Å². The van der Waals surface area contributed by atoms with Gasteiger partial charge in [0.1, 0.15) is 17.7 Å². The summed E-state index contributed by atoms with van der Waals surface area (Å²) in [4.78, 5) is 50.8. The molecule has 2 N–H and O–H groups in total. The van der Waals surface area contributed by atoms with Crippen LogP contribution in [0.15, 0.2) is 24.3 Å². The number of likely N-dealkylation sites (N-methyl/N-ethyl adjacent to an activating group) is 1. The molecule has 0 saturated heterocycles. The molecule has 1 aromatic carbocycles. The maximum atomic E-state index is 13.4. The second-order valence-corrected chi connectivity index (χ2v) is 11.2. The van der Waals surface area contributed by atoms with E-state index in [1.54, 1.807) is 32.9 Å². The Kier molecular flexibility index (Phi) is 10.2. The number of ether oxygens (including phenoxy) is 1. The number of nitro groups is 1. The highest BCUT2D eigenvalue weighted by atomic mass is 16.6. The van der Waals surface area contributed by atoms with Crippen LogP contribution in [-0.4, -0.2) is 58.0 Å². The first kappa shape index (κ1) is 29.9. The highest BCUT2D eigenvalue weighted by Crippen LogP contribution is 2.17. The standard InChI is InChI=1S/C25H40N4O6/c1-16(2)14-20(28(9)23(32)35-25(6,7)8)22(31)26-19(21(30)27-24(3,4)5)15-17-10-12-18(13-11-17)29(33)34/h10-13,16,19-20H,14-15H2,1-9H3,(H,26,31)(H,27,30). The maximum absolute atomic E-state index is 13.4. The topological polar surface area (TPSA) is 131 Å². The second kappa shape index (κ2) is 12.0. The molecule has 0 aromatic heterocycles. The minimum atomic E-state index is -0.954. The molecule has 0 aliphatic heterocycles. The van der Waals surface area contributed by atoms with Gasteiger partial charge in [0.15, 0.2) is 0 Å². The number of non-ortho nitro benzene ring substituents is 1. The van der Waals surface area contributed by atoms with Crippen molar-refractivity contribution < 1.29 is 24.0 Å². The van der Waals surface area contributed by atoms with Crippen molar-refractivity contribution in [3.05, 3.63) is 39.9 Å². The molecule has 2 atom stereocenters. The summed E-state index contributed by atoms with van der Waals surface area (Å²) in [5.74, 6) is -0.789. The van der Waals surface area contributed by atoms with Gasteiger partial charge in [-0.1, -0.05) is 26.0 Å². The monoisotopic (exact) mass is 492 g/mol. The van der Waals surface area contributed by atoms with E-state index in [1.165, 1.54) is 24.1 Å². The molecule has 10 nitrogen and oxygen atoms in total. The highest BCUT2D eigenvalue weighted by molar-refractivity contribution is 5.91. The molecule has 0 saturated carbocycles. The first-order chi connectivity index (χ1) is 15.9. The number of carbonyl (C=O) groups excluding carboxylic acids is 3. The lowest BCUT2D eigenvalue weighted by molar-refractivity contribution is -0.384. The zero-order valence-electron chi connectivity index (χ0n) is 22.3. The fourth-order valence-corrected chi connectivity index (χ4v) is 3.27. The van der Waals surface area contributed by atoms with Crippen molar-refractivity contribution in [1.29, 1.82) is 0 Å². The molecule has 0 heterocycles. The van der Waals surface area contributed by atoms with Crippen molar-refractivity contribution >= 4 is 23.6 Å². The number of carbonyl (C=O) groups is 3. The summed E-state index contributed by atoms with van der Waals surface area (Å²) in [6.07, 6.45) is -0.146. The lowest BCUT2D eigenvalue weighted by Crippen LogP contribution is -2.57. The molecule has 196 valence electrons. The van der Waals surface area contributed by atoms with Gasteiger partial charge in [0.2, 0.25) is 11.8 Å². The zero-order chi connectivity index (χ0) is 27.1. The highest BCUT2D eigenvalue weighted by Gasteiger charge is 2.34. The van der Waals surface area contributed by atoms with E-state index < -0.39 is 46.1 Å². The number of hydrogen-bond acceptors (Lipinski definition) is 6. The smallest absolute Gasteiger partial charge is 0.410 e. The average molecular weight is 493 g/mol. The SMILES string of the molecule is CC(C)CC(C(=O)NC(Cc1ccc([N+](=O)[O-])cc1)C(=O)NC(C)(C)C)N(C)C(=O)OC(C)(C)C. The molecule has 0 aliphatic rings. The second-order valence-electron chi connectivity index (χ2n) is 11.2. The third kappa shape index (κ3) is 10.7. The minimum absolute atomic E-state index is 0.0653. The van der Waals surface area contributed by atoms with Gasteiger partial charge in [-0.3, -0.25) is 24.6 Å². The first-order valence-corrected chi connectivity index (χ1v) is 11.7. The van der Waals surface area contributed by atoms with Crippen LogP contribution in [0, 0.1) is 16.0 Å². The summed E-state index contributed by atoms with van der Waals surface area (Å²) in [6.45, 7) is 14.6. The molecule has 0 radical (unpaired) electrons. The summed E-state index contributed by atoms with van der Waals surface area (Å²) in [5, 5.41) is 16.6. The van der Waals surface area contributed by atoms with E-state index in [-0.39, 0.29) is 18.0 Å². The van der Waals surface area contributed by atoms with Gasteiger partial charge in [0.25, 0.3) is 5.69 Å². The maximum Gasteiger partial charge on any atom is 0.410 e. The van der Waals surface area contributed by atoms with Gasteiger partial charge < -0.3 is 15.4 Å². The van der Waals surface area contributed by atoms with Crippen LogP contribution in [0.25, 0.3) is 0 Å². The predicted molar refractivity (Wildman–Crippen MR) is 134 cm³/mol. The molecule has 1 aromatic rings. The Bertz CT molecular complexity index is 900. The van der Waals surface area contributed by atoms with Crippen molar-refractivity contribution in [2.45, 2.75) is 91.5 Å². The Morgan fingerprint density at radius 2 is 1.57 bits per heavy atom. The van der Waals surface area contributed by atoms with E-state index in [1.807, 2.05) is 34.6 Å². The Labute approximate surface area is 207 Å². The molecule has 0 spiro atoms.